The zero-order valence-corrected chi connectivity index (χ0v) is 13.0. The minimum Gasteiger partial charge on any atom is -0.289 e. The SMILES string of the molecule is CCc1c(CC)c(CC)c2ccccc2c(=O)c1CC. The van der Waals surface area contributed by atoms with Gasteiger partial charge in [-0.25, -0.2) is 0 Å². The number of aryl methyl sites for hydroxylation is 1. The highest BCUT2D eigenvalue weighted by atomic mass is 16.1. The summed E-state index contributed by atoms with van der Waals surface area (Å²) in [6.45, 7) is 8.65. The van der Waals surface area contributed by atoms with E-state index in [1.165, 1.54) is 16.7 Å². The maximum atomic E-state index is 12.9. The molecule has 0 radical (unpaired) electrons. The Morgan fingerprint density at radius 3 is 1.60 bits per heavy atom. The highest BCUT2D eigenvalue weighted by Gasteiger charge is 2.14. The molecule has 0 fully saturated rings. The number of benzene rings is 1. The molecular formula is C19H24O. The topological polar surface area (TPSA) is 17.1 Å². The quantitative estimate of drug-likeness (QED) is 0.800. The Balaban J connectivity index is 3.15. The van der Waals surface area contributed by atoms with E-state index in [1.54, 1.807) is 0 Å². The van der Waals surface area contributed by atoms with Crippen LogP contribution >= 0.6 is 0 Å². The molecule has 1 heteroatoms. The summed E-state index contributed by atoms with van der Waals surface area (Å²) >= 11 is 0. The van der Waals surface area contributed by atoms with E-state index in [4.69, 9.17) is 0 Å². The van der Waals surface area contributed by atoms with E-state index in [9.17, 15) is 4.79 Å². The monoisotopic (exact) mass is 268 g/mol. The predicted molar refractivity (Wildman–Crippen MR) is 87.7 cm³/mol. The molecule has 0 heterocycles. The van der Waals surface area contributed by atoms with E-state index < -0.39 is 0 Å². The van der Waals surface area contributed by atoms with Crippen molar-refractivity contribution < 1.29 is 0 Å². The molecule has 20 heavy (non-hydrogen) atoms. The molecule has 106 valence electrons. The van der Waals surface area contributed by atoms with Crippen LogP contribution in [0.25, 0.3) is 10.8 Å². The van der Waals surface area contributed by atoms with E-state index in [-0.39, 0.29) is 5.43 Å². The fourth-order valence-electron chi connectivity index (χ4n) is 3.40. The van der Waals surface area contributed by atoms with Crippen LogP contribution in [-0.4, -0.2) is 0 Å². The largest absolute Gasteiger partial charge is 0.289 e. The van der Waals surface area contributed by atoms with Crippen molar-refractivity contribution in [2.75, 3.05) is 0 Å². The highest BCUT2D eigenvalue weighted by molar-refractivity contribution is 5.86. The lowest BCUT2D eigenvalue weighted by atomic mass is 9.94. The Labute approximate surface area is 121 Å². The second-order valence-electron chi connectivity index (χ2n) is 5.20. The van der Waals surface area contributed by atoms with Gasteiger partial charge in [0.1, 0.15) is 0 Å². The van der Waals surface area contributed by atoms with Crippen molar-refractivity contribution in [2.45, 2.75) is 53.4 Å². The third kappa shape index (κ3) is 2.26. The van der Waals surface area contributed by atoms with Crippen LogP contribution in [0.5, 0.6) is 0 Å². The summed E-state index contributed by atoms with van der Waals surface area (Å²) in [6, 6.07) is 8.10. The minimum atomic E-state index is 0.231. The van der Waals surface area contributed by atoms with E-state index in [1.807, 2.05) is 18.2 Å². The third-order valence-electron chi connectivity index (χ3n) is 4.28. The molecular weight excluding hydrogens is 244 g/mol. The van der Waals surface area contributed by atoms with E-state index in [2.05, 4.69) is 33.8 Å². The summed E-state index contributed by atoms with van der Waals surface area (Å²) in [6.07, 6.45) is 3.73. The van der Waals surface area contributed by atoms with Crippen LogP contribution in [0.15, 0.2) is 29.1 Å². The van der Waals surface area contributed by atoms with Crippen molar-refractivity contribution in [3.63, 3.8) is 0 Å². The van der Waals surface area contributed by atoms with E-state index >= 15 is 0 Å². The van der Waals surface area contributed by atoms with E-state index in [0.29, 0.717) is 0 Å². The van der Waals surface area contributed by atoms with Gasteiger partial charge < -0.3 is 0 Å². The Bertz CT molecular complexity index is 683. The molecule has 0 aliphatic carbocycles. The maximum absolute atomic E-state index is 12.9. The minimum absolute atomic E-state index is 0.231. The first-order valence-electron chi connectivity index (χ1n) is 7.77. The van der Waals surface area contributed by atoms with Gasteiger partial charge in [-0.3, -0.25) is 4.79 Å². The molecule has 0 aliphatic rings. The maximum Gasteiger partial charge on any atom is 0.189 e. The Morgan fingerprint density at radius 2 is 1.10 bits per heavy atom. The summed E-state index contributed by atoms with van der Waals surface area (Å²) in [5, 5.41) is 2.03. The highest BCUT2D eigenvalue weighted by Crippen LogP contribution is 2.25. The lowest BCUT2D eigenvalue weighted by molar-refractivity contribution is 0.961. The number of fused-ring (bicyclic) bond motifs is 1. The molecule has 0 bridgehead atoms. The van der Waals surface area contributed by atoms with Gasteiger partial charge in [0.25, 0.3) is 0 Å². The van der Waals surface area contributed by atoms with Crippen molar-refractivity contribution in [1.82, 2.24) is 0 Å². The van der Waals surface area contributed by atoms with Crippen LogP contribution in [0, 0.1) is 0 Å². The fourth-order valence-corrected chi connectivity index (χ4v) is 3.40. The predicted octanol–water partition coefficient (Wildman–Crippen LogP) is 4.45. The zero-order valence-electron chi connectivity index (χ0n) is 13.0. The lowest BCUT2D eigenvalue weighted by Gasteiger charge is -2.10. The zero-order chi connectivity index (χ0) is 14.7. The second kappa shape index (κ2) is 6.21. The van der Waals surface area contributed by atoms with Crippen molar-refractivity contribution in [3.8, 4) is 0 Å². The molecule has 2 aromatic rings. The van der Waals surface area contributed by atoms with Crippen molar-refractivity contribution in [1.29, 1.82) is 0 Å². The summed E-state index contributed by atoms with van der Waals surface area (Å²) in [5.74, 6) is 0. The molecule has 0 saturated carbocycles. The molecule has 0 N–H and O–H groups in total. The van der Waals surface area contributed by atoms with Crippen LogP contribution in [0.4, 0.5) is 0 Å². The van der Waals surface area contributed by atoms with Gasteiger partial charge >= 0.3 is 0 Å². The van der Waals surface area contributed by atoms with Gasteiger partial charge in [0.15, 0.2) is 5.43 Å². The second-order valence-corrected chi connectivity index (χ2v) is 5.20. The van der Waals surface area contributed by atoms with Crippen molar-refractivity contribution in [3.05, 3.63) is 56.7 Å². The number of hydrogen-bond acceptors (Lipinski definition) is 1. The van der Waals surface area contributed by atoms with Crippen molar-refractivity contribution >= 4 is 10.8 Å². The van der Waals surface area contributed by atoms with Gasteiger partial charge in [0.2, 0.25) is 0 Å². The molecule has 2 aromatic carbocycles. The first kappa shape index (κ1) is 14.8. The number of rotatable bonds is 4. The molecule has 0 aromatic heterocycles. The van der Waals surface area contributed by atoms with E-state index in [0.717, 1.165) is 42.0 Å². The third-order valence-corrected chi connectivity index (χ3v) is 4.28. The van der Waals surface area contributed by atoms with Gasteiger partial charge in [-0.05, 0) is 47.8 Å². The smallest absolute Gasteiger partial charge is 0.189 e. The van der Waals surface area contributed by atoms with Crippen LogP contribution in [0.1, 0.15) is 49.9 Å². The van der Waals surface area contributed by atoms with Crippen LogP contribution in [0.3, 0.4) is 0 Å². The normalized spacial score (nSPS) is 11.0. The molecule has 0 unspecified atom stereocenters. The van der Waals surface area contributed by atoms with Crippen molar-refractivity contribution in [2.24, 2.45) is 0 Å². The molecule has 0 spiro atoms. The van der Waals surface area contributed by atoms with Gasteiger partial charge in [0, 0.05) is 10.9 Å². The molecule has 0 atom stereocenters. The Hall–Kier alpha value is -1.63. The molecule has 0 saturated heterocycles. The molecule has 0 amide bonds. The Kier molecular flexibility index (Phi) is 4.59. The first-order valence-corrected chi connectivity index (χ1v) is 7.77. The average Bonchev–Trinajstić information content (AvgIpc) is 2.59. The van der Waals surface area contributed by atoms with Gasteiger partial charge in [0.05, 0.1) is 0 Å². The standard InChI is InChI=1S/C19H24O/c1-5-13-14(6-2)16(8-4)19(20)18-12-10-9-11-17(18)15(13)7-3/h9-12H,5-8H2,1-4H3. The van der Waals surface area contributed by atoms with Gasteiger partial charge in [-0.2, -0.15) is 0 Å². The van der Waals surface area contributed by atoms with Gasteiger partial charge in [-0.1, -0.05) is 52.0 Å². The fraction of sp³-hybridized carbons (Fsp3) is 0.421. The van der Waals surface area contributed by atoms with Gasteiger partial charge in [-0.15, -0.1) is 0 Å². The summed E-state index contributed by atoms with van der Waals surface area (Å²) in [7, 11) is 0. The van der Waals surface area contributed by atoms with Crippen LogP contribution in [-0.2, 0) is 25.7 Å². The molecule has 2 rings (SSSR count). The average molecular weight is 268 g/mol. The van der Waals surface area contributed by atoms with Crippen LogP contribution in [0.2, 0.25) is 0 Å². The lowest BCUT2D eigenvalue weighted by Crippen LogP contribution is -2.09. The summed E-state index contributed by atoms with van der Waals surface area (Å²) < 4.78 is 0. The summed E-state index contributed by atoms with van der Waals surface area (Å²) in [4.78, 5) is 12.9. The number of hydrogen-bond donors (Lipinski definition) is 0. The molecule has 0 aliphatic heterocycles. The first-order chi connectivity index (χ1) is 9.69. The summed E-state index contributed by atoms with van der Waals surface area (Å²) in [5.41, 5.74) is 5.28. The van der Waals surface area contributed by atoms with Crippen LogP contribution < -0.4 is 5.43 Å². The molecule has 1 nitrogen and oxygen atoms in total. The Morgan fingerprint density at radius 1 is 0.650 bits per heavy atom.